The number of aliphatic hydroxyl groups is 1. The minimum atomic E-state index is -0.528. The van der Waals surface area contributed by atoms with Crippen LogP contribution in [0.2, 0.25) is 0 Å². The van der Waals surface area contributed by atoms with Crippen LogP contribution < -0.4 is 0 Å². The lowest BCUT2D eigenvalue weighted by molar-refractivity contribution is -0.0140. The summed E-state index contributed by atoms with van der Waals surface area (Å²) in [5.41, 5.74) is 0.532. The molecule has 0 unspecified atom stereocenters. The smallest absolute Gasteiger partial charge is 0.128 e. The zero-order valence-corrected chi connectivity index (χ0v) is 13.0. The van der Waals surface area contributed by atoms with Crippen molar-refractivity contribution in [2.24, 2.45) is 0 Å². The minimum Gasteiger partial charge on any atom is -0.389 e. The Bertz CT molecular complexity index is 431. The fourth-order valence-corrected chi connectivity index (χ4v) is 3.05. The molecule has 3 atom stereocenters. The van der Waals surface area contributed by atoms with E-state index in [2.05, 4.69) is 18.7 Å². The predicted molar refractivity (Wildman–Crippen MR) is 81.5 cm³/mol. The Hall–Kier alpha value is -0.970. The first-order valence-corrected chi connectivity index (χ1v) is 7.83. The van der Waals surface area contributed by atoms with Gasteiger partial charge in [-0.1, -0.05) is 24.6 Å². The summed E-state index contributed by atoms with van der Waals surface area (Å²) in [6.45, 7) is 5.49. The third kappa shape index (κ3) is 4.77. The Morgan fingerprint density at radius 1 is 1.29 bits per heavy atom. The first-order valence-electron chi connectivity index (χ1n) is 7.83. The Morgan fingerprint density at radius 3 is 2.62 bits per heavy atom. The standard InChI is InChI=1S/C17H26FNO2/c1-13-6-5-7-14(2)19(13)10-16(20)12-21-11-15-8-3-4-9-17(15)18/h3-4,8-9,13-14,16,20H,5-7,10-12H2,1-2H3/t13-,14-,16-/m0/s1. The van der Waals surface area contributed by atoms with Gasteiger partial charge in [0.05, 0.1) is 19.3 Å². The molecule has 118 valence electrons. The third-order valence-electron chi connectivity index (χ3n) is 4.32. The van der Waals surface area contributed by atoms with Crippen LogP contribution >= 0.6 is 0 Å². The molecule has 1 heterocycles. The molecule has 1 aromatic rings. The van der Waals surface area contributed by atoms with E-state index in [4.69, 9.17) is 4.74 Å². The minimum absolute atomic E-state index is 0.203. The van der Waals surface area contributed by atoms with E-state index in [0.29, 0.717) is 24.2 Å². The molecule has 0 saturated carbocycles. The van der Waals surface area contributed by atoms with Gasteiger partial charge in [-0.3, -0.25) is 4.90 Å². The van der Waals surface area contributed by atoms with E-state index in [1.165, 1.54) is 25.3 Å². The van der Waals surface area contributed by atoms with Gasteiger partial charge in [0.25, 0.3) is 0 Å². The van der Waals surface area contributed by atoms with E-state index < -0.39 is 6.10 Å². The van der Waals surface area contributed by atoms with Crippen LogP contribution in [0.1, 0.15) is 38.7 Å². The van der Waals surface area contributed by atoms with Crippen LogP contribution in [0.15, 0.2) is 24.3 Å². The number of halogens is 1. The van der Waals surface area contributed by atoms with Crippen molar-refractivity contribution in [1.29, 1.82) is 0 Å². The number of likely N-dealkylation sites (tertiary alicyclic amines) is 1. The summed E-state index contributed by atoms with van der Waals surface area (Å²) in [5.74, 6) is -0.259. The van der Waals surface area contributed by atoms with Gasteiger partial charge in [0.15, 0.2) is 0 Å². The molecular weight excluding hydrogens is 269 g/mol. The van der Waals surface area contributed by atoms with Gasteiger partial charge < -0.3 is 9.84 Å². The maximum absolute atomic E-state index is 13.4. The number of aliphatic hydroxyl groups excluding tert-OH is 1. The van der Waals surface area contributed by atoms with E-state index in [1.807, 2.05) is 0 Å². The molecule has 1 saturated heterocycles. The largest absolute Gasteiger partial charge is 0.389 e. The molecule has 0 aliphatic carbocycles. The maximum atomic E-state index is 13.4. The lowest BCUT2D eigenvalue weighted by atomic mass is 9.97. The number of benzene rings is 1. The van der Waals surface area contributed by atoms with Gasteiger partial charge in [0.2, 0.25) is 0 Å². The molecule has 0 spiro atoms. The monoisotopic (exact) mass is 295 g/mol. The molecule has 4 heteroatoms. The number of hydrogen-bond donors (Lipinski definition) is 1. The SMILES string of the molecule is C[C@H]1CCC[C@H](C)N1C[C@H](O)COCc1ccccc1F. The van der Waals surface area contributed by atoms with E-state index in [-0.39, 0.29) is 19.0 Å². The lowest BCUT2D eigenvalue weighted by Gasteiger charge is -2.40. The summed E-state index contributed by atoms with van der Waals surface area (Å²) in [6, 6.07) is 7.59. The number of rotatable bonds is 6. The number of β-amino-alcohol motifs (C(OH)–C–C–N with tert-alkyl or cyclic N) is 1. The number of piperidine rings is 1. The summed E-state index contributed by atoms with van der Waals surface area (Å²) < 4.78 is 18.9. The lowest BCUT2D eigenvalue weighted by Crippen LogP contribution is -2.48. The Morgan fingerprint density at radius 2 is 1.95 bits per heavy atom. The molecule has 2 rings (SSSR count). The fraction of sp³-hybridized carbons (Fsp3) is 0.647. The molecule has 0 radical (unpaired) electrons. The normalized spacial score (nSPS) is 25.0. The van der Waals surface area contributed by atoms with Gasteiger partial charge in [0.1, 0.15) is 5.82 Å². The average Bonchev–Trinajstić information content (AvgIpc) is 2.45. The molecule has 1 N–H and O–H groups in total. The zero-order chi connectivity index (χ0) is 15.2. The van der Waals surface area contributed by atoms with E-state index in [1.54, 1.807) is 18.2 Å². The van der Waals surface area contributed by atoms with Crippen molar-refractivity contribution in [2.75, 3.05) is 13.2 Å². The Kier molecular flexibility index (Phi) is 6.15. The van der Waals surface area contributed by atoms with Gasteiger partial charge in [-0.05, 0) is 32.8 Å². The number of hydrogen-bond acceptors (Lipinski definition) is 3. The number of ether oxygens (including phenoxy) is 1. The quantitative estimate of drug-likeness (QED) is 0.876. The van der Waals surface area contributed by atoms with Crippen molar-refractivity contribution in [3.8, 4) is 0 Å². The molecule has 1 aromatic carbocycles. The molecule has 1 fully saturated rings. The molecule has 1 aliphatic heterocycles. The van der Waals surface area contributed by atoms with Crippen molar-refractivity contribution in [3.63, 3.8) is 0 Å². The number of nitrogens with zero attached hydrogens (tertiary/aromatic N) is 1. The molecule has 0 amide bonds. The summed E-state index contributed by atoms with van der Waals surface area (Å²) in [6.07, 6.45) is 3.11. The predicted octanol–water partition coefficient (Wildman–Crippen LogP) is 2.97. The maximum Gasteiger partial charge on any atom is 0.128 e. The van der Waals surface area contributed by atoms with Gasteiger partial charge in [-0.25, -0.2) is 4.39 Å². The van der Waals surface area contributed by atoms with Gasteiger partial charge in [-0.15, -0.1) is 0 Å². The first-order chi connectivity index (χ1) is 10.1. The highest BCUT2D eigenvalue weighted by Crippen LogP contribution is 2.22. The summed E-state index contributed by atoms with van der Waals surface area (Å²) >= 11 is 0. The second-order valence-electron chi connectivity index (χ2n) is 6.09. The summed E-state index contributed by atoms with van der Waals surface area (Å²) in [4.78, 5) is 2.35. The van der Waals surface area contributed by atoms with Crippen LogP contribution in [0.5, 0.6) is 0 Å². The van der Waals surface area contributed by atoms with Crippen molar-refractivity contribution >= 4 is 0 Å². The molecule has 21 heavy (non-hydrogen) atoms. The Labute approximate surface area is 126 Å². The van der Waals surface area contributed by atoms with Crippen LogP contribution in [-0.2, 0) is 11.3 Å². The van der Waals surface area contributed by atoms with Gasteiger partial charge in [-0.2, -0.15) is 0 Å². The highest BCUT2D eigenvalue weighted by Gasteiger charge is 2.26. The second kappa shape index (κ2) is 7.87. The molecule has 1 aliphatic rings. The van der Waals surface area contributed by atoms with Crippen molar-refractivity contribution < 1.29 is 14.2 Å². The second-order valence-corrected chi connectivity index (χ2v) is 6.09. The van der Waals surface area contributed by atoms with Crippen molar-refractivity contribution in [3.05, 3.63) is 35.6 Å². The highest BCUT2D eigenvalue weighted by atomic mass is 19.1. The third-order valence-corrected chi connectivity index (χ3v) is 4.32. The summed E-state index contributed by atoms with van der Waals surface area (Å²) in [5, 5.41) is 10.1. The Balaban J connectivity index is 1.74. The van der Waals surface area contributed by atoms with Crippen LogP contribution in [-0.4, -0.2) is 41.3 Å². The van der Waals surface area contributed by atoms with Crippen molar-refractivity contribution in [1.82, 2.24) is 4.90 Å². The fourth-order valence-electron chi connectivity index (χ4n) is 3.05. The molecule has 0 bridgehead atoms. The molecule has 3 nitrogen and oxygen atoms in total. The van der Waals surface area contributed by atoms with Crippen LogP contribution in [0, 0.1) is 5.82 Å². The molecular formula is C17H26FNO2. The summed E-state index contributed by atoms with van der Waals surface area (Å²) in [7, 11) is 0. The van der Waals surface area contributed by atoms with Gasteiger partial charge in [0, 0.05) is 24.2 Å². The van der Waals surface area contributed by atoms with E-state index in [0.717, 1.165) is 0 Å². The van der Waals surface area contributed by atoms with Crippen LogP contribution in [0.25, 0.3) is 0 Å². The first kappa shape index (κ1) is 16.4. The average molecular weight is 295 g/mol. The van der Waals surface area contributed by atoms with Crippen molar-refractivity contribution in [2.45, 2.75) is 57.9 Å². The zero-order valence-electron chi connectivity index (χ0n) is 13.0. The molecule has 0 aromatic heterocycles. The topological polar surface area (TPSA) is 32.7 Å². The van der Waals surface area contributed by atoms with E-state index in [9.17, 15) is 9.50 Å². The highest BCUT2D eigenvalue weighted by molar-refractivity contribution is 5.16. The van der Waals surface area contributed by atoms with Gasteiger partial charge >= 0.3 is 0 Å². The van der Waals surface area contributed by atoms with Crippen LogP contribution in [0.3, 0.4) is 0 Å². The van der Waals surface area contributed by atoms with Crippen LogP contribution in [0.4, 0.5) is 4.39 Å². The van der Waals surface area contributed by atoms with E-state index >= 15 is 0 Å².